The van der Waals surface area contributed by atoms with Crippen LogP contribution in [0.1, 0.15) is 32.4 Å². The third-order valence-corrected chi connectivity index (χ3v) is 2.60. The Balaban J connectivity index is 2.38. The molecule has 0 radical (unpaired) electrons. The Bertz CT molecular complexity index is 552. The summed E-state index contributed by atoms with van der Waals surface area (Å²) in [4.78, 5) is 33.2. The molecule has 1 aliphatic heterocycles. The van der Waals surface area contributed by atoms with Crippen molar-refractivity contribution in [2.75, 3.05) is 0 Å². The second-order valence-corrected chi connectivity index (χ2v) is 3.77. The zero-order valence-corrected chi connectivity index (χ0v) is 8.99. The number of cyclic esters (lactones) is 2. The first-order valence-corrected chi connectivity index (χ1v) is 4.97. The van der Waals surface area contributed by atoms with Crippen LogP contribution in [0.25, 0.3) is 0 Å². The number of benzene rings is 1. The molecule has 94 valence electrons. The van der Waals surface area contributed by atoms with E-state index in [0.29, 0.717) is 0 Å². The van der Waals surface area contributed by atoms with Gasteiger partial charge in [0.2, 0.25) is 5.91 Å². The van der Waals surface area contributed by atoms with Crippen molar-refractivity contribution >= 4 is 17.8 Å². The normalized spacial score (nSPS) is 17.0. The molecule has 1 aromatic carbocycles. The number of amides is 1. The van der Waals surface area contributed by atoms with Crippen LogP contribution in [-0.4, -0.2) is 34.2 Å². The zero-order chi connectivity index (χ0) is 13.4. The van der Waals surface area contributed by atoms with Gasteiger partial charge in [-0.25, -0.2) is 9.59 Å². The van der Waals surface area contributed by atoms with Crippen molar-refractivity contribution in [2.24, 2.45) is 5.73 Å². The summed E-state index contributed by atoms with van der Waals surface area (Å²) in [6, 6.07) is 3.75. The first-order chi connectivity index (χ1) is 8.41. The predicted octanol–water partition coefficient (Wildman–Crippen LogP) is -1.12. The van der Waals surface area contributed by atoms with Crippen molar-refractivity contribution < 1.29 is 29.3 Å². The van der Waals surface area contributed by atoms with Crippen molar-refractivity contribution in [2.45, 2.75) is 12.2 Å². The van der Waals surface area contributed by atoms with Crippen molar-refractivity contribution in [3.05, 3.63) is 34.9 Å². The van der Waals surface area contributed by atoms with E-state index in [1.807, 2.05) is 0 Å². The first-order valence-electron chi connectivity index (χ1n) is 4.97. The Morgan fingerprint density at radius 2 is 1.78 bits per heavy atom. The lowest BCUT2D eigenvalue weighted by Gasteiger charge is -2.15. The number of hydrogen-bond donors (Lipinski definition) is 3. The molecular weight excluding hydrogens is 242 g/mol. The fourth-order valence-electron chi connectivity index (χ4n) is 1.62. The molecule has 0 saturated carbocycles. The third-order valence-electron chi connectivity index (χ3n) is 2.60. The molecule has 0 saturated heterocycles. The van der Waals surface area contributed by atoms with Gasteiger partial charge in [0.15, 0.2) is 6.10 Å². The van der Waals surface area contributed by atoms with Gasteiger partial charge in [0.1, 0.15) is 6.10 Å². The highest BCUT2D eigenvalue weighted by molar-refractivity contribution is 6.14. The van der Waals surface area contributed by atoms with Gasteiger partial charge in [-0.2, -0.15) is 0 Å². The molecule has 4 N–H and O–H groups in total. The summed E-state index contributed by atoms with van der Waals surface area (Å²) in [5, 5.41) is 19.0. The monoisotopic (exact) mass is 251 g/mol. The van der Waals surface area contributed by atoms with E-state index in [0.717, 1.165) is 0 Å². The minimum absolute atomic E-state index is 0.0202. The van der Waals surface area contributed by atoms with Crippen molar-refractivity contribution in [3.63, 3.8) is 0 Å². The number of carbonyl (C=O) groups excluding carboxylic acids is 3. The van der Waals surface area contributed by atoms with E-state index in [1.165, 1.54) is 18.2 Å². The molecule has 0 aliphatic carbocycles. The lowest BCUT2D eigenvalue weighted by Crippen LogP contribution is -2.33. The number of aliphatic hydroxyl groups is 2. The standard InChI is InChI=1S/C11H9NO6/c12-9(15)8(14)7(13)4-1-2-5-6(3-4)11(17)18-10(5)16/h1-3,7-8,13-14H,(H2,12,15). The zero-order valence-electron chi connectivity index (χ0n) is 8.99. The van der Waals surface area contributed by atoms with E-state index in [4.69, 9.17) is 5.73 Å². The molecule has 7 nitrogen and oxygen atoms in total. The van der Waals surface area contributed by atoms with Gasteiger partial charge in [0.25, 0.3) is 0 Å². The maximum Gasteiger partial charge on any atom is 0.346 e. The minimum Gasteiger partial charge on any atom is -0.386 e. The molecule has 0 spiro atoms. The molecular formula is C11H9NO6. The highest BCUT2D eigenvalue weighted by atomic mass is 16.6. The van der Waals surface area contributed by atoms with Crippen LogP contribution in [0, 0.1) is 0 Å². The van der Waals surface area contributed by atoms with Crippen molar-refractivity contribution in [3.8, 4) is 0 Å². The van der Waals surface area contributed by atoms with Gasteiger partial charge in [-0.3, -0.25) is 4.79 Å². The summed E-state index contributed by atoms with van der Waals surface area (Å²) in [5.41, 5.74) is 4.98. The smallest absolute Gasteiger partial charge is 0.346 e. The van der Waals surface area contributed by atoms with E-state index >= 15 is 0 Å². The molecule has 2 atom stereocenters. The summed E-state index contributed by atoms with van der Waals surface area (Å²) < 4.78 is 4.36. The van der Waals surface area contributed by atoms with Crippen LogP contribution >= 0.6 is 0 Å². The average molecular weight is 251 g/mol. The van der Waals surface area contributed by atoms with E-state index in [-0.39, 0.29) is 16.7 Å². The molecule has 1 heterocycles. The van der Waals surface area contributed by atoms with Crippen LogP contribution in [-0.2, 0) is 9.53 Å². The van der Waals surface area contributed by atoms with Crippen LogP contribution < -0.4 is 5.73 Å². The fourth-order valence-corrected chi connectivity index (χ4v) is 1.62. The number of primary amides is 1. The Labute approximate surface area is 101 Å². The van der Waals surface area contributed by atoms with Gasteiger partial charge < -0.3 is 20.7 Å². The van der Waals surface area contributed by atoms with E-state index in [2.05, 4.69) is 4.74 Å². The molecule has 7 heteroatoms. The summed E-state index contributed by atoms with van der Waals surface area (Å²) in [6.07, 6.45) is -3.37. The van der Waals surface area contributed by atoms with Crippen LogP contribution in [0.4, 0.5) is 0 Å². The van der Waals surface area contributed by atoms with Gasteiger partial charge in [0, 0.05) is 0 Å². The van der Waals surface area contributed by atoms with Crippen molar-refractivity contribution in [1.29, 1.82) is 0 Å². The van der Waals surface area contributed by atoms with Gasteiger partial charge in [0.05, 0.1) is 11.1 Å². The number of carbonyl (C=O) groups is 3. The summed E-state index contributed by atoms with van der Waals surface area (Å²) >= 11 is 0. The molecule has 0 bridgehead atoms. The predicted molar refractivity (Wildman–Crippen MR) is 56.3 cm³/mol. The molecule has 0 fully saturated rings. The second kappa shape index (κ2) is 4.21. The molecule has 18 heavy (non-hydrogen) atoms. The molecule has 1 amide bonds. The largest absolute Gasteiger partial charge is 0.386 e. The summed E-state index contributed by atoms with van der Waals surface area (Å²) in [7, 11) is 0. The molecule has 2 rings (SSSR count). The first kappa shape index (κ1) is 12.2. The fraction of sp³-hybridized carbons (Fsp3) is 0.182. The number of rotatable bonds is 3. The number of fused-ring (bicyclic) bond motifs is 1. The summed E-state index contributed by atoms with van der Waals surface area (Å²) in [5.74, 6) is -2.70. The lowest BCUT2D eigenvalue weighted by atomic mass is 9.99. The molecule has 0 aromatic heterocycles. The van der Waals surface area contributed by atoms with Gasteiger partial charge >= 0.3 is 11.9 Å². The number of nitrogens with two attached hydrogens (primary N) is 1. The Hall–Kier alpha value is -2.25. The average Bonchev–Trinajstić information content (AvgIpc) is 2.62. The van der Waals surface area contributed by atoms with Crippen LogP contribution in [0.15, 0.2) is 18.2 Å². The van der Waals surface area contributed by atoms with E-state index < -0.39 is 30.1 Å². The van der Waals surface area contributed by atoms with Gasteiger partial charge in [-0.15, -0.1) is 0 Å². The van der Waals surface area contributed by atoms with E-state index in [1.54, 1.807) is 0 Å². The summed E-state index contributed by atoms with van der Waals surface area (Å²) in [6.45, 7) is 0. The third kappa shape index (κ3) is 1.85. The molecule has 1 aliphatic rings. The van der Waals surface area contributed by atoms with Crippen LogP contribution in [0.5, 0.6) is 0 Å². The number of aliphatic hydroxyl groups excluding tert-OH is 2. The molecule has 1 aromatic rings. The topological polar surface area (TPSA) is 127 Å². The maximum absolute atomic E-state index is 11.3. The number of ether oxygens (including phenoxy) is 1. The Morgan fingerprint density at radius 1 is 1.17 bits per heavy atom. The van der Waals surface area contributed by atoms with Gasteiger partial charge in [-0.05, 0) is 17.7 Å². The van der Waals surface area contributed by atoms with Gasteiger partial charge in [-0.1, -0.05) is 6.07 Å². The second-order valence-electron chi connectivity index (χ2n) is 3.77. The number of esters is 2. The molecule has 2 unspecified atom stereocenters. The minimum atomic E-state index is -1.80. The quantitative estimate of drug-likeness (QED) is 0.461. The van der Waals surface area contributed by atoms with Crippen LogP contribution in [0.3, 0.4) is 0 Å². The highest BCUT2D eigenvalue weighted by Crippen LogP contribution is 2.25. The maximum atomic E-state index is 11.3. The van der Waals surface area contributed by atoms with Crippen LogP contribution in [0.2, 0.25) is 0 Å². The lowest BCUT2D eigenvalue weighted by molar-refractivity contribution is -0.131. The Kier molecular flexibility index (Phi) is 2.85. The highest BCUT2D eigenvalue weighted by Gasteiger charge is 2.32. The SMILES string of the molecule is NC(=O)C(O)C(O)c1ccc2c(c1)C(=O)OC2=O. The van der Waals surface area contributed by atoms with Crippen molar-refractivity contribution in [1.82, 2.24) is 0 Å². The van der Waals surface area contributed by atoms with E-state index in [9.17, 15) is 24.6 Å². The Morgan fingerprint density at radius 3 is 2.39 bits per heavy atom. The number of hydrogen-bond acceptors (Lipinski definition) is 6.